The molecule has 8 heteroatoms. The van der Waals surface area contributed by atoms with E-state index in [1.807, 2.05) is 25.1 Å². The van der Waals surface area contributed by atoms with Crippen LogP contribution in [0.2, 0.25) is 0 Å². The molecule has 0 radical (unpaired) electrons. The van der Waals surface area contributed by atoms with Crippen molar-refractivity contribution in [1.82, 2.24) is 4.98 Å². The number of ketones is 1. The number of hydrogen-bond donors (Lipinski definition) is 1. The molecule has 5 nitrogen and oxygen atoms in total. The molecule has 1 amide bonds. The molecule has 3 aromatic rings. The normalized spacial score (nSPS) is 21.9. The first-order valence-electron chi connectivity index (χ1n) is 11.1. The van der Waals surface area contributed by atoms with Gasteiger partial charge in [0.2, 0.25) is 5.91 Å². The molecule has 0 bridgehead atoms. The van der Waals surface area contributed by atoms with Gasteiger partial charge in [-0.05, 0) is 54.7 Å². The predicted octanol–water partition coefficient (Wildman–Crippen LogP) is 6.65. The van der Waals surface area contributed by atoms with Crippen molar-refractivity contribution in [3.8, 4) is 0 Å². The lowest BCUT2D eigenvalue weighted by molar-refractivity contribution is -0.119. The number of allylic oxidation sites excluding steroid dienone is 2. The Kier molecular flexibility index (Phi) is 5.76. The molecule has 1 aliphatic heterocycles. The second-order valence-corrected chi connectivity index (χ2v) is 11.6. The Morgan fingerprint density at radius 3 is 2.65 bits per heavy atom. The van der Waals surface area contributed by atoms with Crippen LogP contribution in [0.1, 0.15) is 45.1 Å². The van der Waals surface area contributed by atoms with Gasteiger partial charge in [0.05, 0.1) is 16.1 Å². The summed E-state index contributed by atoms with van der Waals surface area (Å²) in [6.45, 7) is 5.93. The Morgan fingerprint density at radius 2 is 1.91 bits per heavy atom. The predicted molar refractivity (Wildman–Crippen MR) is 137 cm³/mol. The number of aromatic nitrogens is 1. The van der Waals surface area contributed by atoms with Gasteiger partial charge in [0.1, 0.15) is 5.82 Å². The molecule has 2 aromatic carbocycles. The van der Waals surface area contributed by atoms with E-state index in [1.165, 1.54) is 23.5 Å². The summed E-state index contributed by atoms with van der Waals surface area (Å²) in [5.74, 6) is -1.87. The number of anilines is 1. The molecule has 1 aliphatic carbocycles. The van der Waals surface area contributed by atoms with Crippen molar-refractivity contribution in [2.45, 2.75) is 39.5 Å². The van der Waals surface area contributed by atoms with E-state index < -0.39 is 11.8 Å². The second kappa shape index (κ2) is 8.50. The van der Waals surface area contributed by atoms with E-state index in [0.717, 1.165) is 25.9 Å². The molecule has 5 rings (SSSR count). The Labute approximate surface area is 209 Å². The van der Waals surface area contributed by atoms with Gasteiger partial charge in [-0.25, -0.2) is 9.37 Å². The molecule has 0 saturated carbocycles. The number of thiazole rings is 1. The Hall–Kier alpha value is -2.71. The number of carbonyl (C=O) groups is 2. The molecule has 0 saturated heterocycles. The van der Waals surface area contributed by atoms with Crippen LogP contribution in [0.5, 0.6) is 0 Å². The number of Topliss-reactive ketones (excluding diaryl/α,β-unsaturated/α-hetero) is 1. The minimum absolute atomic E-state index is 0.000498. The summed E-state index contributed by atoms with van der Waals surface area (Å²) in [6, 6.07) is 11.8. The minimum atomic E-state index is -0.701. The van der Waals surface area contributed by atoms with E-state index in [1.54, 1.807) is 12.1 Å². The SMILES string of the molecule is CC1=NC2=C(C(=O)CC(C)(C)C2)[C@H](c2ccc(F)cc2)C1C(=O)Nc1nc2ccc(Br)cc2s1. The lowest BCUT2D eigenvalue weighted by Crippen LogP contribution is -2.41. The molecule has 1 unspecified atom stereocenters. The summed E-state index contributed by atoms with van der Waals surface area (Å²) in [4.78, 5) is 36.3. The zero-order chi connectivity index (χ0) is 24.2. The van der Waals surface area contributed by atoms with Crippen LogP contribution in [-0.2, 0) is 9.59 Å². The number of aliphatic imine (C=N–C) groups is 1. The van der Waals surface area contributed by atoms with Gasteiger partial charge < -0.3 is 5.32 Å². The maximum absolute atomic E-state index is 13.7. The van der Waals surface area contributed by atoms with Gasteiger partial charge in [0.15, 0.2) is 10.9 Å². The van der Waals surface area contributed by atoms with Crippen molar-refractivity contribution in [1.29, 1.82) is 0 Å². The number of rotatable bonds is 3. The van der Waals surface area contributed by atoms with Gasteiger partial charge >= 0.3 is 0 Å². The number of nitrogens with one attached hydrogen (secondary N) is 1. The summed E-state index contributed by atoms with van der Waals surface area (Å²) >= 11 is 4.85. The smallest absolute Gasteiger partial charge is 0.235 e. The summed E-state index contributed by atoms with van der Waals surface area (Å²) in [5, 5.41) is 3.44. The molecule has 0 spiro atoms. The summed E-state index contributed by atoms with van der Waals surface area (Å²) < 4.78 is 15.6. The van der Waals surface area contributed by atoms with Crippen molar-refractivity contribution >= 4 is 60.0 Å². The van der Waals surface area contributed by atoms with Crippen LogP contribution < -0.4 is 5.32 Å². The molecule has 1 aromatic heterocycles. The molecule has 2 heterocycles. The van der Waals surface area contributed by atoms with Crippen molar-refractivity contribution in [3.63, 3.8) is 0 Å². The fourth-order valence-corrected chi connectivity index (χ4v) is 6.37. The lowest BCUT2D eigenvalue weighted by atomic mass is 9.66. The zero-order valence-electron chi connectivity index (χ0n) is 19.0. The number of halogens is 2. The van der Waals surface area contributed by atoms with Gasteiger partial charge in [-0.1, -0.05) is 53.2 Å². The van der Waals surface area contributed by atoms with Crippen LogP contribution >= 0.6 is 27.3 Å². The standard InChI is InChI=1S/C26H23BrFN3O2S/c1-13-21(24(33)31-25-30-17-9-6-15(27)10-20(17)34-25)22(14-4-7-16(28)8-5-14)23-18(29-13)11-26(2,3)12-19(23)32/h4-10,21-22H,11-12H2,1-3H3,(H,30,31,33)/t21?,22-/m1/s1. The van der Waals surface area contributed by atoms with Crippen LogP contribution in [0, 0.1) is 17.2 Å². The molecule has 0 fully saturated rings. The van der Waals surface area contributed by atoms with Gasteiger partial charge in [-0.2, -0.15) is 0 Å². The molecular weight excluding hydrogens is 517 g/mol. The minimum Gasteiger partial charge on any atom is -0.301 e. The first-order valence-corrected chi connectivity index (χ1v) is 12.7. The van der Waals surface area contributed by atoms with Gasteiger partial charge in [0, 0.05) is 33.8 Å². The number of benzene rings is 2. The topological polar surface area (TPSA) is 71.4 Å². The molecule has 34 heavy (non-hydrogen) atoms. The number of amides is 1. The van der Waals surface area contributed by atoms with Crippen LogP contribution in [0.25, 0.3) is 10.2 Å². The quantitative estimate of drug-likeness (QED) is 0.404. The third-order valence-electron chi connectivity index (χ3n) is 6.39. The average molecular weight is 540 g/mol. The Morgan fingerprint density at radius 1 is 1.18 bits per heavy atom. The molecule has 1 N–H and O–H groups in total. The van der Waals surface area contributed by atoms with Crippen LogP contribution in [0.4, 0.5) is 9.52 Å². The van der Waals surface area contributed by atoms with Crippen molar-refractivity contribution < 1.29 is 14.0 Å². The zero-order valence-corrected chi connectivity index (χ0v) is 21.4. The Balaban J connectivity index is 1.56. The monoisotopic (exact) mass is 539 g/mol. The van der Waals surface area contributed by atoms with Crippen molar-refractivity contribution in [3.05, 3.63) is 69.6 Å². The first-order chi connectivity index (χ1) is 16.1. The maximum Gasteiger partial charge on any atom is 0.235 e. The highest BCUT2D eigenvalue weighted by Crippen LogP contribution is 2.48. The maximum atomic E-state index is 13.7. The summed E-state index contributed by atoms with van der Waals surface area (Å²) in [6.07, 6.45) is 1.05. The fraction of sp³-hybridized carbons (Fsp3) is 0.308. The Bertz CT molecular complexity index is 1390. The largest absolute Gasteiger partial charge is 0.301 e. The molecule has 174 valence electrons. The second-order valence-electron chi connectivity index (χ2n) is 9.68. The fourth-order valence-electron chi connectivity index (χ4n) is 4.95. The van der Waals surface area contributed by atoms with Gasteiger partial charge in [0.25, 0.3) is 0 Å². The summed E-state index contributed by atoms with van der Waals surface area (Å²) in [7, 11) is 0. The van der Waals surface area contributed by atoms with E-state index in [-0.39, 0.29) is 22.9 Å². The number of carbonyl (C=O) groups excluding carboxylic acids is 2. The summed E-state index contributed by atoms with van der Waals surface area (Å²) in [5.41, 5.74) is 3.27. The first kappa shape index (κ1) is 23.1. The van der Waals surface area contributed by atoms with Crippen LogP contribution in [-0.4, -0.2) is 22.4 Å². The number of hydrogen-bond acceptors (Lipinski definition) is 5. The van der Waals surface area contributed by atoms with Gasteiger partial charge in [-0.15, -0.1) is 0 Å². The van der Waals surface area contributed by atoms with Gasteiger partial charge in [-0.3, -0.25) is 14.6 Å². The highest BCUT2D eigenvalue weighted by molar-refractivity contribution is 9.10. The average Bonchev–Trinajstić information content (AvgIpc) is 3.13. The highest BCUT2D eigenvalue weighted by Gasteiger charge is 2.45. The van der Waals surface area contributed by atoms with E-state index in [4.69, 9.17) is 4.99 Å². The lowest BCUT2D eigenvalue weighted by Gasteiger charge is -2.39. The highest BCUT2D eigenvalue weighted by atomic mass is 79.9. The number of nitrogens with zero attached hydrogens (tertiary/aromatic N) is 2. The third kappa shape index (κ3) is 4.25. The molecular formula is C26H23BrFN3O2S. The van der Waals surface area contributed by atoms with E-state index in [9.17, 15) is 14.0 Å². The van der Waals surface area contributed by atoms with Crippen molar-refractivity contribution in [2.24, 2.45) is 16.3 Å². The van der Waals surface area contributed by atoms with E-state index in [0.29, 0.717) is 29.3 Å². The van der Waals surface area contributed by atoms with Crippen LogP contribution in [0.3, 0.4) is 0 Å². The number of fused-ring (bicyclic) bond motifs is 1. The van der Waals surface area contributed by atoms with Crippen molar-refractivity contribution in [2.75, 3.05) is 5.32 Å². The third-order valence-corrected chi connectivity index (χ3v) is 7.82. The molecule has 2 aliphatic rings. The van der Waals surface area contributed by atoms with E-state index in [2.05, 4.69) is 40.1 Å². The van der Waals surface area contributed by atoms with E-state index >= 15 is 0 Å². The van der Waals surface area contributed by atoms with Crippen LogP contribution in [0.15, 0.2) is 63.2 Å². The molecule has 2 atom stereocenters.